The second-order valence-corrected chi connectivity index (χ2v) is 6.89. The van der Waals surface area contributed by atoms with Crippen LogP contribution in [0.4, 0.5) is 10.5 Å². The molecule has 1 aromatic carbocycles. The molecule has 0 saturated carbocycles. The van der Waals surface area contributed by atoms with Gasteiger partial charge in [0.1, 0.15) is 5.60 Å². The summed E-state index contributed by atoms with van der Waals surface area (Å²) in [5.74, 6) is -0.949. The molecule has 0 radical (unpaired) electrons. The molecule has 2 rings (SSSR count). The van der Waals surface area contributed by atoms with Gasteiger partial charge in [-0.15, -0.1) is 0 Å². The van der Waals surface area contributed by atoms with Crippen molar-refractivity contribution < 1.29 is 19.4 Å². The molecule has 1 aliphatic rings. The summed E-state index contributed by atoms with van der Waals surface area (Å²) in [4.78, 5) is 24.8. The molecule has 2 N–H and O–H groups in total. The Labute approximate surface area is 136 Å². The summed E-state index contributed by atoms with van der Waals surface area (Å²) in [7, 11) is 0. The van der Waals surface area contributed by atoms with E-state index in [2.05, 4.69) is 5.32 Å². The predicted octanol–water partition coefficient (Wildman–Crippen LogP) is 3.11. The molecule has 1 amide bonds. The Morgan fingerprint density at radius 1 is 1.35 bits per heavy atom. The summed E-state index contributed by atoms with van der Waals surface area (Å²) in [5.41, 5.74) is 1.52. The minimum absolute atomic E-state index is 0.0882. The first-order valence-electron chi connectivity index (χ1n) is 7.74. The Kier molecular flexibility index (Phi) is 4.82. The van der Waals surface area contributed by atoms with Crippen LogP contribution >= 0.6 is 0 Å². The maximum Gasteiger partial charge on any atom is 0.410 e. The number of carbonyl (C=O) groups is 2. The van der Waals surface area contributed by atoms with Gasteiger partial charge in [-0.2, -0.15) is 0 Å². The quantitative estimate of drug-likeness (QED) is 0.894. The van der Waals surface area contributed by atoms with Crippen molar-refractivity contribution in [3.8, 4) is 0 Å². The lowest BCUT2D eigenvalue weighted by Crippen LogP contribution is -2.36. The molecular formula is C17H24N2O4. The van der Waals surface area contributed by atoms with Crippen LogP contribution in [0.1, 0.15) is 43.1 Å². The van der Waals surface area contributed by atoms with Crippen molar-refractivity contribution in [1.82, 2.24) is 4.90 Å². The number of hydrogen-bond acceptors (Lipinski definition) is 4. The number of aromatic carboxylic acids is 1. The molecule has 1 unspecified atom stereocenters. The number of amides is 1. The number of likely N-dealkylation sites (tertiary alicyclic amines) is 1. The van der Waals surface area contributed by atoms with Crippen LogP contribution < -0.4 is 5.32 Å². The van der Waals surface area contributed by atoms with Gasteiger partial charge in [-0.25, -0.2) is 9.59 Å². The number of nitrogens with one attached hydrogen (secondary N) is 1. The van der Waals surface area contributed by atoms with Crippen molar-refractivity contribution in [2.24, 2.45) is 0 Å². The normalized spacial score (nSPS) is 17.9. The average Bonchev–Trinajstić information content (AvgIpc) is 2.88. The minimum Gasteiger partial charge on any atom is -0.478 e. The lowest BCUT2D eigenvalue weighted by Gasteiger charge is -2.24. The molecule has 6 heteroatoms. The van der Waals surface area contributed by atoms with E-state index in [4.69, 9.17) is 9.84 Å². The summed E-state index contributed by atoms with van der Waals surface area (Å²) in [6, 6.07) is 5.09. The summed E-state index contributed by atoms with van der Waals surface area (Å²) >= 11 is 0. The predicted molar refractivity (Wildman–Crippen MR) is 88.0 cm³/mol. The highest BCUT2D eigenvalue weighted by atomic mass is 16.6. The molecule has 1 aromatic rings. The molecule has 23 heavy (non-hydrogen) atoms. The zero-order valence-electron chi connectivity index (χ0n) is 14.0. The number of nitrogens with zero attached hydrogens (tertiary/aromatic N) is 1. The van der Waals surface area contributed by atoms with Crippen LogP contribution in [0.5, 0.6) is 0 Å². The fraction of sp³-hybridized carbons (Fsp3) is 0.529. The summed E-state index contributed by atoms with van der Waals surface area (Å²) < 4.78 is 5.38. The number of rotatable bonds is 3. The van der Waals surface area contributed by atoms with Gasteiger partial charge in [-0.1, -0.05) is 6.07 Å². The van der Waals surface area contributed by atoms with E-state index in [1.165, 1.54) is 0 Å². The Hall–Kier alpha value is -2.24. The first-order chi connectivity index (χ1) is 10.7. The van der Waals surface area contributed by atoms with Gasteiger partial charge in [0.2, 0.25) is 0 Å². The van der Waals surface area contributed by atoms with Gasteiger partial charge in [0.15, 0.2) is 0 Å². The van der Waals surface area contributed by atoms with Crippen molar-refractivity contribution in [1.29, 1.82) is 0 Å². The summed E-state index contributed by atoms with van der Waals surface area (Å²) in [5, 5.41) is 12.4. The molecular weight excluding hydrogens is 296 g/mol. The van der Waals surface area contributed by atoms with Gasteiger partial charge in [0, 0.05) is 24.8 Å². The van der Waals surface area contributed by atoms with E-state index in [0.29, 0.717) is 13.1 Å². The maximum atomic E-state index is 12.1. The molecule has 1 fully saturated rings. The molecule has 0 aliphatic carbocycles. The van der Waals surface area contributed by atoms with Crippen molar-refractivity contribution in [3.63, 3.8) is 0 Å². The monoisotopic (exact) mass is 320 g/mol. The van der Waals surface area contributed by atoms with Crippen molar-refractivity contribution in [3.05, 3.63) is 29.3 Å². The van der Waals surface area contributed by atoms with Gasteiger partial charge >= 0.3 is 12.1 Å². The van der Waals surface area contributed by atoms with Gasteiger partial charge < -0.3 is 20.1 Å². The highest BCUT2D eigenvalue weighted by molar-refractivity contribution is 5.89. The molecule has 0 bridgehead atoms. The largest absolute Gasteiger partial charge is 0.478 e. The molecule has 0 aromatic heterocycles. The fourth-order valence-corrected chi connectivity index (χ4v) is 2.50. The standard InChI is InChI=1S/C17H24N2O4/c1-11-5-6-12(15(20)21)9-14(11)18-13-7-8-19(10-13)16(22)23-17(2,3)4/h5-6,9,13,18H,7-8,10H2,1-4H3,(H,20,21). The third-order valence-corrected chi connectivity index (χ3v) is 3.68. The minimum atomic E-state index is -0.949. The van der Waals surface area contributed by atoms with Crippen LogP contribution in [0.2, 0.25) is 0 Å². The average molecular weight is 320 g/mol. The molecule has 6 nitrogen and oxygen atoms in total. The highest BCUT2D eigenvalue weighted by Gasteiger charge is 2.29. The lowest BCUT2D eigenvalue weighted by atomic mass is 10.1. The molecule has 1 heterocycles. The van der Waals surface area contributed by atoms with E-state index >= 15 is 0 Å². The van der Waals surface area contributed by atoms with Gasteiger partial charge in [-0.3, -0.25) is 0 Å². The highest BCUT2D eigenvalue weighted by Crippen LogP contribution is 2.22. The number of hydrogen-bond donors (Lipinski definition) is 2. The summed E-state index contributed by atoms with van der Waals surface area (Å²) in [6.07, 6.45) is 0.494. The molecule has 1 atom stereocenters. The topological polar surface area (TPSA) is 78.9 Å². The van der Waals surface area contributed by atoms with E-state index in [-0.39, 0.29) is 17.7 Å². The van der Waals surface area contributed by atoms with Gasteiger partial charge in [-0.05, 0) is 51.8 Å². The van der Waals surface area contributed by atoms with E-state index in [1.807, 2.05) is 27.7 Å². The number of aryl methyl sites for hydroxylation is 1. The number of ether oxygens (including phenoxy) is 1. The number of benzene rings is 1. The Morgan fingerprint density at radius 2 is 2.04 bits per heavy atom. The number of carboxylic acids is 1. The first-order valence-corrected chi connectivity index (χ1v) is 7.74. The second-order valence-electron chi connectivity index (χ2n) is 6.89. The van der Waals surface area contributed by atoms with Crippen LogP contribution in [0.3, 0.4) is 0 Å². The summed E-state index contributed by atoms with van der Waals surface area (Å²) in [6.45, 7) is 8.64. The number of carbonyl (C=O) groups excluding carboxylic acids is 1. The van der Waals surface area contributed by atoms with Crippen LogP contribution in [-0.4, -0.2) is 46.8 Å². The Bertz CT molecular complexity index is 607. The first kappa shape index (κ1) is 17.1. The van der Waals surface area contributed by atoms with E-state index < -0.39 is 11.6 Å². The fourth-order valence-electron chi connectivity index (χ4n) is 2.50. The van der Waals surface area contributed by atoms with E-state index in [0.717, 1.165) is 17.7 Å². The third kappa shape index (κ3) is 4.61. The SMILES string of the molecule is Cc1ccc(C(=O)O)cc1NC1CCN(C(=O)OC(C)(C)C)C1. The van der Waals surface area contributed by atoms with Crippen LogP contribution in [-0.2, 0) is 4.74 Å². The van der Waals surface area contributed by atoms with Gasteiger partial charge in [0.05, 0.1) is 5.56 Å². The zero-order chi connectivity index (χ0) is 17.2. The zero-order valence-corrected chi connectivity index (χ0v) is 14.0. The molecule has 1 saturated heterocycles. The van der Waals surface area contributed by atoms with Crippen LogP contribution in [0.25, 0.3) is 0 Å². The van der Waals surface area contributed by atoms with Crippen LogP contribution in [0.15, 0.2) is 18.2 Å². The Morgan fingerprint density at radius 3 is 2.65 bits per heavy atom. The second kappa shape index (κ2) is 6.48. The van der Waals surface area contributed by atoms with Crippen LogP contribution in [0, 0.1) is 6.92 Å². The van der Waals surface area contributed by atoms with Crippen molar-refractivity contribution in [2.45, 2.75) is 45.8 Å². The lowest BCUT2D eigenvalue weighted by molar-refractivity contribution is 0.0293. The van der Waals surface area contributed by atoms with E-state index in [1.54, 1.807) is 23.1 Å². The van der Waals surface area contributed by atoms with Crippen molar-refractivity contribution in [2.75, 3.05) is 18.4 Å². The smallest absolute Gasteiger partial charge is 0.410 e. The van der Waals surface area contributed by atoms with Gasteiger partial charge in [0.25, 0.3) is 0 Å². The molecule has 0 spiro atoms. The van der Waals surface area contributed by atoms with E-state index in [9.17, 15) is 9.59 Å². The number of carboxylic acid groups (broad SMARTS) is 1. The Balaban J connectivity index is 1.99. The molecule has 126 valence electrons. The van der Waals surface area contributed by atoms with Crippen molar-refractivity contribution >= 4 is 17.7 Å². The number of anilines is 1. The maximum absolute atomic E-state index is 12.1. The molecule has 1 aliphatic heterocycles. The third-order valence-electron chi connectivity index (χ3n) is 3.68.